The molecule has 2 heterocycles. The van der Waals surface area contributed by atoms with E-state index in [4.69, 9.17) is 16.0 Å². The highest BCUT2D eigenvalue weighted by Crippen LogP contribution is 2.23. The van der Waals surface area contributed by atoms with Crippen LogP contribution in [0.25, 0.3) is 11.3 Å². The van der Waals surface area contributed by atoms with Crippen LogP contribution in [-0.2, 0) is 6.54 Å². The van der Waals surface area contributed by atoms with Crippen molar-refractivity contribution in [2.24, 2.45) is 0 Å². The van der Waals surface area contributed by atoms with Crippen molar-refractivity contribution in [2.45, 2.75) is 13.5 Å². The maximum Gasteiger partial charge on any atom is 0.216 e. The molecule has 96 valence electrons. The van der Waals surface area contributed by atoms with Gasteiger partial charge in [0.1, 0.15) is 6.54 Å². The summed E-state index contributed by atoms with van der Waals surface area (Å²) in [6.07, 6.45) is 5.46. The summed E-state index contributed by atoms with van der Waals surface area (Å²) in [6.45, 7) is 2.52. The van der Waals surface area contributed by atoms with E-state index < -0.39 is 0 Å². The van der Waals surface area contributed by atoms with Crippen molar-refractivity contribution >= 4 is 11.6 Å². The van der Waals surface area contributed by atoms with Gasteiger partial charge in [0.15, 0.2) is 5.76 Å². The fraction of sp³-hybridized carbons (Fsp3) is 0.143. The minimum absolute atomic E-state index is 0.522. The van der Waals surface area contributed by atoms with Gasteiger partial charge in [-0.25, -0.2) is 4.98 Å². The van der Waals surface area contributed by atoms with Gasteiger partial charge < -0.3 is 4.42 Å². The summed E-state index contributed by atoms with van der Waals surface area (Å²) < 4.78 is 7.50. The minimum Gasteiger partial charge on any atom is -0.439 e. The number of benzene rings is 1. The van der Waals surface area contributed by atoms with Crippen molar-refractivity contribution in [2.75, 3.05) is 0 Å². The zero-order valence-electron chi connectivity index (χ0n) is 10.4. The maximum absolute atomic E-state index is 5.96. The summed E-state index contributed by atoms with van der Waals surface area (Å²) >= 11 is 5.96. The molecule has 0 aliphatic rings. The molecule has 0 aliphatic heterocycles. The number of hydrogen-bond acceptors (Lipinski definition) is 3. The molecule has 0 amide bonds. The van der Waals surface area contributed by atoms with Crippen molar-refractivity contribution in [3.63, 3.8) is 0 Å². The smallest absolute Gasteiger partial charge is 0.216 e. The lowest BCUT2D eigenvalue weighted by Crippen LogP contribution is -1.99. The fourth-order valence-electron chi connectivity index (χ4n) is 1.85. The lowest BCUT2D eigenvalue weighted by atomic mass is 10.2. The van der Waals surface area contributed by atoms with Gasteiger partial charge in [0, 0.05) is 16.8 Å². The molecule has 0 fully saturated rings. The third kappa shape index (κ3) is 2.69. The molecule has 0 spiro atoms. The second kappa shape index (κ2) is 4.90. The molecular formula is C14H12ClN3O. The zero-order valence-corrected chi connectivity index (χ0v) is 11.1. The first-order valence-corrected chi connectivity index (χ1v) is 6.28. The molecule has 0 aliphatic carbocycles. The molecule has 1 aromatic carbocycles. The minimum atomic E-state index is 0.522. The monoisotopic (exact) mass is 273 g/mol. The van der Waals surface area contributed by atoms with Gasteiger partial charge in [-0.3, -0.25) is 4.68 Å². The van der Waals surface area contributed by atoms with Crippen molar-refractivity contribution in [3.8, 4) is 11.3 Å². The third-order valence-corrected chi connectivity index (χ3v) is 2.96. The molecule has 19 heavy (non-hydrogen) atoms. The zero-order chi connectivity index (χ0) is 13.2. The summed E-state index contributed by atoms with van der Waals surface area (Å²) in [6, 6.07) is 7.50. The van der Waals surface area contributed by atoms with E-state index in [1.807, 2.05) is 37.4 Å². The fourth-order valence-corrected chi connectivity index (χ4v) is 2.04. The van der Waals surface area contributed by atoms with E-state index in [0.717, 1.165) is 11.1 Å². The highest BCUT2D eigenvalue weighted by molar-refractivity contribution is 6.30. The topological polar surface area (TPSA) is 43.9 Å². The number of aromatic nitrogens is 3. The summed E-state index contributed by atoms with van der Waals surface area (Å²) in [5.41, 5.74) is 2.03. The van der Waals surface area contributed by atoms with E-state index >= 15 is 0 Å². The van der Waals surface area contributed by atoms with Gasteiger partial charge in [-0.05, 0) is 24.6 Å². The summed E-state index contributed by atoms with van der Waals surface area (Å²) in [5, 5.41) is 4.88. The second-order valence-electron chi connectivity index (χ2n) is 4.34. The van der Waals surface area contributed by atoms with Crippen LogP contribution in [0.5, 0.6) is 0 Å². The predicted octanol–water partition coefficient (Wildman–Crippen LogP) is 3.55. The molecule has 0 bridgehead atoms. The molecule has 3 rings (SSSR count). The van der Waals surface area contributed by atoms with Gasteiger partial charge in [0.2, 0.25) is 5.89 Å². The van der Waals surface area contributed by atoms with Crippen LogP contribution < -0.4 is 0 Å². The first kappa shape index (κ1) is 12.0. The molecule has 3 aromatic rings. The van der Waals surface area contributed by atoms with Crippen molar-refractivity contribution < 1.29 is 4.42 Å². The number of nitrogens with zero attached hydrogens (tertiary/aromatic N) is 3. The number of oxazole rings is 1. The Morgan fingerprint density at radius 2 is 2.21 bits per heavy atom. The Morgan fingerprint density at radius 3 is 2.95 bits per heavy atom. The highest BCUT2D eigenvalue weighted by atomic mass is 35.5. The summed E-state index contributed by atoms with van der Waals surface area (Å²) in [4.78, 5) is 4.26. The quantitative estimate of drug-likeness (QED) is 0.733. The van der Waals surface area contributed by atoms with E-state index in [2.05, 4.69) is 10.1 Å². The number of rotatable bonds is 3. The Labute approximate surface area is 115 Å². The van der Waals surface area contributed by atoms with Crippen LogP contribution in [-0.4, -0.2) is 14.8 Å². The SMILES string of the molecule is Cc1cnn(Cc2ncc(-c3cccc(Cl)c3)o2)c1. The van der Waals surface area contributed by atoms with Gasteiger partial charge >= 0.3 is 0 Å². The van der Waals surface area contributed by atoms with E-state index in [1.165, 1.54) is 0 Å². The molecule has 4 nitrogen and oxygen atoms in total. The molecule has 0 saturated heterocycles. The molecule has 0 N–H and O–H groups in total. The lowest BCUT2D eigenvalue weighted by Gasteiger charge is -1.98. The lowest BCUT2D eigenvalue weighted by molar-refractivity contribution is 0.474. The van der Waals surface area contributed by atoms with E-state index in [0.29, 0.717) is 23.2 Å². The van der Waals surface area contributed by atoms with Crippen LogP contribution in [0.2, 0.25) is 5.02 Å². The first-order chi connectivity index (χ1) is 9.20. The van der Waals surface area contributed by atoms with Gasteiger partial charge in [-0.2, -0.15) is 5.10 Å². The van der Waals surface area contributed by atoms with Gasteiger partial charge in [-0.1, -0.05) is 23.7 Å². The number of halogens is 1. The Morgan fingerprint density at radius 1 is 1.32 bits per heavy atom. The van der Waals surface area contributed by atoms with Crippen LogP contribution >= 0.6 is 11.6 Å². The molecule has 0 radical (unpaired) electrons. The van der Waals surface area contributed by atoms with Crippen LogP contribution in [0.1, 0.15) is 11.5 Å². The van der Waals surface area contributed by atoms with E-state index in [-0.39, 0.29) is 0 Å². The normalized spacial score (nSPS) is 10.8. The standard InChI is InChI=1S/C14H12ClN3O/c1-10-6-17-18(8-10)9-14-16-7-13(19-14)11-3-2-4-12(15)5-11/h2-8H,9H2,1H3. The number of aryl methyl sites for hydroxylation is 1. The molecular weight excluding hydrogens is 262 g/mol. The Hall–Kier alpha value is -2.07. The Bertz CT molecular complexity index is 702. The van der Waals surface area contributed by atoms with Crippen LogP contribution in [0.3, 0.4) is 0 Å². The molecule has 5 heteroatoms. The van der Waals surface area contributed by atoms with Crippen molar-refractivity contribution in [1.82, 2.24) is 14.8 Å². The van der Waals surface area contributed by atoms with Crippen LogP contribution in [0.4, 0.5) is 0 Å². The van der Waals surface area contributed by atoms with Gasteiger partial charge in [0.25, 0.3) is 0 Å². The molecule has 0 atom stereocenters. The third-order valence-electron chi connectivity index (χ3n) is 2.72. The van der Waals surface area contributed by atoms with Crippen LogP contribution in [0.15, 0.2) is 47.3 Å². The highest BCUT2D eigenvalue weighted by Gasteiger charge is 2.07. The first-order valence-electron chi connectivity index (χ1n) is 5.90. The predicted molar refractivity (Wildman–Crippen MR) is 73.0 cm³/mol. The summed E-state index contributed by atoms with van der Waals surface area (Å²) in [7, 11) is 0. The molecule has 0 saturated carbocycles. The Kier molecular flexibility index (Phi) is 3.09. The molecule has 2 aromatic heterocycles. The second-order valence-corrected chi connectivity index (χ2v) is 4.78. The Balaban J connectivity index is 1.83. The van der Waals surface area contributed by atoms with Gasteiger partial charge in [0.05, 0.1) is 12.4 Å². The molecule has 0 unspecified atom stereocenters. The largest absolute Gasteiger partial charge is 0.439 e. The van der Waals surface area contributed by atoms with Crippen LogP contribution in [0, 0.1) is 6.92 Å². The average Bonchev–Trinajstić information content (AvgIpc) is 2.99. The number of hydrogen-bond donors (Lipinski definition) is 0. The van der Waals surface area contributed by atoms with Crippen molar-refractivity contribution in [3.05, 3.63) is 59.3 Å². The van der Waals surface area contributed by atoms with Crippen molar-refractivity contribution in [1.29, 1.82) is 0 Å². The van der Waals surface area contributed by atoms with E-state index in [1.54, 1.807) is 17.1 Å². The van der Waals surface area contributed by atoms with Gasteiger partial charge in [-0.15, -0.1) is 0 Å². The average molecular weight is 274 g/mol. The summed E-state index contributed by atoms with van der Waals surface area (Å²) in [5.74, 6) is 1.33. The maximum atomic E-state index is 5.96. The van der Waals surface area contributed by atoms with E-state index in [9.17, 15) is 0 Å².